The van der Waals surface area contributed by atoms with E-state index in [-0.39, 0.29) is 30.0 Å². The number of aliphatic hydroxyl groups is 1. The Hall–Kier alpha value is -1.62. The molecule has 0 saturated heterocycles. The topological polar surface area (TPSA) is 61.4 Å². The van der Waals surface area contributed by atoms with Gasteiger partial charge in [-0.1, -0.05) is 12.1 Å². The second kappa shape index (κ2) is 7.09. The average Bonchev–Trinajstić information content (AvgIpc) is 2.46. The van der Waals surface area contributed by atoms with Gasteiger partial charge in [0.2, 0.25) is 0 Å². The van der Waals surface area contributed by atoms with Crippen molar-refractivity contribution in [1.82, 2.24) is 10.6 Å². The van der Waals surface area contributed by atoms with E-state index in [1.165, 1.54) is 0 Å². The van der Waals surface area contributed by atoms with Gasteiger partial charge in [0.05, 0.1) is 12.1 Å². The summed E-state index contributed by atoms with van der Waals surface area (Å²) in [6.45, 7) is 5.34. The van der Waals surface area contributed by atoms with E-state index in [0.717, 1.165) is 31.2 Å². The first-order valence-corrected chi connectivity index (χ1v) is 7.88. The van der Waals surface area contributed by atoms with Gasteiger partial charge in [0.1, 0.15) is 5.82 Å². The molecule has 1 atom stereocenters. The van der Waals surface area contributed by atoms with Crippen LogP contribution in [-0.4, -0.2) is 23.3 Å². The van der Waals surface area contributed by atoms with Crippen molar-refractivity contribution < 1.29 is 14.3 Å². The molecule has 1 fully saturated rings. The Bertz CT molecular complexity index is 516. The van der Waals surface area contributed by atoms with Crippen LogP contribution in [0.1, 0.15) is 55.3 Å². The molecular formula is C17H25FN2O2. The Balaban J connectivity index is 1.91. The van der Waals surface area contributed by atoms with Gasteiger partial charge in [-0.2, -0.15) is 0 Å². The lowest BCUT2D eigenvalue weighted by molar-refractivity contribution is 0.117. The summed E-state index contributed by atoms with van der Waals surface area (Å²) in [6, 6.07) is 3.25. The monoisotopic (exact) mass is 308 g/mol. The van der Waals surface area contributed by atoms with Gasteiger partial charge in [-0.05, 0) is 63.1 Å². The van der Waals surface area contributed by atoms with E-state index in [1.54, 1.807) is 26.0 Å². The maximum Gasteiger partial charge on any atom is 0.315 e. The Kier molecular flexibility index (Phi) is 5.40. The van der Waals surface area contributed by atoms with Gasteiger partial charge in [0, 0.05) is 6.04 Å². The SMILES string of the molecule is Cc1cc(C(C)NC(=O)NC2CCC(O)CC2)cc(C)c1F. The van der Waals surface area contributed by atoms with Crippen LogP contribution in [0, 0.1) is 19.7 Å². The zero-order valence-corrected chi connectivity index (χ0v) is 13.4. The molecule has 4 nitrogen and oxygen atoms in total. The summed E-state index contributed by atoms with van der Waals surface area (Å²) in [6.07, 6.45) is 2.84. The van der Waals surface area contributed by atoms with E-state index >= 15 is 0 Å². The van der Waals surface area contributed by atoms with Crippen LogP contribution in [0.2, 0.25) is 0 Å². The molecule has 5 heteroatoms. The first kappa shape index (κ1) is 16.7. The molecule has 0 aromatic heterocycles. The number of hydrogen-bond donors (Lipinski definition) is 3. The molecule has 1 aromatic carbocycles. The summed E-state index contributed by atoms with van der Waals surface area (Å²) in [5.74, 6) is -0.193. The number of aryl methyl sites for hydroxylation is 2. The molecule has 0 radical (unpaired) electrons. The average molecular weight is 308 g/mol. The fraction of sp³-hybridized carbons (Fsp3) is 0.588. The highest BCUT2D eigenvalue weighted by Crippen LogP contribution is 2.21. The molecule has 0 spiro atoms. The molecule has 0 bridgehead atoms. The number of amides is 2. The Morgan fingerprint density at radius 1 is 1.23 bits per heavy atom. The van der Waals surface area contributed by atoms with E-state index in [9.17, 15) is 14.3 Å². The number of nitrogens with one attached hydrogen (secondary N) is 2. The maximum atomic E-state index is 13.7. The van der Waals surface area contributed by atoms with Crippen molar-refractivity contribution in [3.63, 3.8) is 0 Å². The summed E-state index contributed by atoms with van der Waals surface area (Å²) in [7, 11) is 0. The number of aliphatic hydroxyl groups excluding tert-OH is 1. The van der Waals surface area contributed by atoms with Crippen LogP contribution in [0.15, 0.2) is 12.1 Å². The Labute approximate surface area is 131 Å². The normalized spacial score (nSPS) is 23.0. The largest absolute Gasteiger partial charge is 0.393 e. The van der Waals surface area contributed by atoms with Crippen molar-refractivity contribution in [1.29, 1.82) is 0 Å². The molecule has 22 heavy (non-hydrogen) atoms. The minimum Gasteiger partial charge on any atom is -0.393 e. The molecule has 2 rings (SSSR count). The molecular weight excluding hydrogens is 283 g/mol. The standard InChI is InChI=1S/C17H25FN2O2/c1-10-8-13(9-11(2)16(10)18)12(3)19-17(22)20-14-4-6-15(21)7-5-14/h8-9,12,14-15,21H,4-7H2,1-3H3,(H2,19,20,22). The third-order valence-electron chi connectivity index (χ3n) is 4.34. The van der Waals surface area contributed by atoms with Crippen LogP contribution in [0.5, 0.6) is 0 Å². The second-order valence-electron chi connectivity index (χ2n) is 6.31. The lowest BCUT2D eigenvalue weighted by Gasteiger charge is -2.27. The highest BCUT2D eigenvalue weighted by atomic mass is 19.1. The van der Waals surface area contributed by atoms with Crippen LogP contribution in [-0.2, 0) is 0 Å². The predicted octanol–water partition coefficient (Wildman–Crippen LogP) is 3.11. The highest BCUT2D eigenvalue weighted by molar-refractivity contribution is 5.74. The van der Waals surface area contributed by atoms with Gasteiger partial charge in [0.25, 0.3) is 0 Å². The molecule has 1 aliphatic rings. The van der Waals surface area contributed by atoms with Crippen molar-refractivity contribution in [2.45, 2.75) is 64.6 Å². The van der Waals surface area contributed by atoms with Gasteiger partial charge >= 0.3 is 6.03 Å². The van der Waals surface area contributed by atoms with Crippen LogP contribution < -0.4 is 10.6 Å². The van der Waals surface area contributed by atoms with Gasteiger partial charge in [-0.15, -0.1) is 0 Å². The third-order valence-corrected chi connectivity index (χ3v) is 4.34. The predicted molar refractivity (Wildman–Crippen MR) is 84.2 cm³/mol. The lowest BCUT2D eigenvalue weighted by Crippen LogP contribution is -2.44. The van der Waals surface area contributed by atoms with Crippen LogP contribution >= 0.6 is 0 Å². The maximum absolute atomic E-state index is 13.7. The van der Waals surface area contributed by atoms with Crippen molar-refractivity contribution >= 4 is 6.03 Å². The number of hydrogen-bond acceptors (Lipinski definition) is 2. The molecule has 1 aliphatic carbocycles. The van der Waals surface area contributed by atoms with Crippen molar-refractivity contribution in [3.05, 3.63) is 34.6 Å². The minimum absolute atomic E-state index is 0.118. The van der Waals surface area contributed by atoms with Crippen LogP contribution in [0.4, 0.5) is 9.18 Å². The van der Waals surface area contributed by atoms with E-state index in [1.807, 2.05) is 6.92 Å². The number of carbonyl (C=O) groups is 1. The smallest absolute Gasteiger partial charge is 0.315 e. The van der Waals surface area contributed by atoms with Crippen molar-refractivity contribution in [2.24, 2.45) is 0 Å². The Morgan fingerprint density at radius 3 is 2.32 bits per heavy atom. The molecule has 2 amide bonds. The summed E-state index contributed by atoms with van der Waals surface area (Å²) < 4.78 is 13.7. The molecule has 0 heterocycles. The molecule has 1 unspecified atom stereocenters. The summed E-state index contributed by atoms with van der Waals surface area (Å²) in [5, 5.41) is 15.3. The molecule has 3 N–H and O–H groups in total. The zero-order chi connectivity index (χ0) is 16.3. The second-order valence-corrected chi connectivity index (χ2v) is 6.31. The number of urea groups is 1. The number of rotatable bonds is 3. The third kappa shape index (κ3) is 4.19. The molecule has 1 aromatic rings. The summed E-state index contributed by atoms with van der Waals surface area (Å²) >= 11 is 0. The van der Waals surface area contributed by atoms with E-state index in [2.05, 4.69) is 10.6 Å². The summed E-state index contributed by atoms with van der Waals surface area (Å²) in [5.41, 5.74) is 2.07. The Morgan fingerprint density at radius 2 is 1.77 bits per heavy atom. The fourth-order valence-corrected chi connectivity index (χ4v) is 2.96. The number of halogens is 1. The van der Waals surface area contributed by atoms with Crippen molar-refractivity contribution in [3.8, 4) is 0 Å². The summed E-state index contributed by atoms with van der Waals surface area (Å²) in [4.78, 5) is 12.1. The van der Waals surface area contributed by atoms with E-state index < -0.39 is 0 Å². The molecule has 0 aliphatic heterocycles. The highest BCUT2D eigenvalue weighted by Gasteiger charge is 2.21. The van der Waals surface area contributed by atoms with Gasteiger partial charge in [-0.3, -0.25) is 0 Å². The van der Waals surface area contributed by atoms with E-state index in [0.29, 0.717) is 11.1 Å². The number of carbonyl (C=O) groups excluding carboxylic acids is 1. The lowest BCUT2D eigenvalue weighted by atomic mass is 9.93. The van der Waals surface area contributed by atoms with Crippen LogP contribution in [0.3, 0.4) is 0 Å². The first-order chi connectivity index (χ1) is 10.4. The minimum atomic E-state index is -0.231. The van der Waals surface area contributed by atoms with Gasteiger partial charge in [-0.25, -0.2) is 9.18 Å². The van der Waals surface area contributed by atoms with Gasteiger partial charge < -0.3 is 15.7 Å². The van der Waals surface area contributed by atoms with Crippen molar-refractivity contribution in [2.75, 3.05) is 0 Å². The van der Waals surface area contributed by atoms with Crippen LogP contribution in [0.25, 0.3) is 0 Å². The molecule has 1 saturated carbocycles. The molecule has 122 valence electrons. The fourth-order valence-electron chi connectivity index (χ4n) is 2.96. The van der Waals surface area contributed by atoms with E-state index in [4.69, 9.17) is 0 Å². The first-order valence-electron chi connectivity index (χ1n) is 7.88. The zero-order valence-electron chi connectivity index (χ0n) is 13.4. The quantitative estimate of drug-likeness (QED) is 0.803. The van der Waals surface area contributed by atoms with Gasteiger partial charge in [0.15, 0.2) is 0 Å². The number of benzene rings is 1.